The van der Waals surface area contributed by atoms with Gasteiger partial charge in [-0.25, -0.2) is 4.98 Å². The van der Waals surface area contributed by atoms with Crippen molar-refractivity contribution in [3.05, 3.63) is 18.3 Å². The van der Waals surface area contributed by atoms with Crippen molar-refractivity contribution in [2.24, 2.45) is 0 Å². The average molecular weight is 211 g/mol. The lowest BCUT2D eigenvalue weighted by Crippen LogP contribution is -2.38. The van der Waals surface area contributed by atoms with Gasteiger partial charge >= 0.3 is 0 Å². The number of aromatic nitrogens is 1. The first-order valence-corrected chi connectivity index (χ1v) is 6.06. The molecule has 0 radical (unpaired) electrons. The predicted octanol–water partition coefficient (Wildman–Crippen LogP) is 0.232. The van der Waals surface area contributed by atoms with Gasteiger partial charge in [-0.05, 0) is 6.07 Å². The molecular formula is C9H13N3OS. The van der Waals surface area contributed by atoms with Crippen molar-refractivity contribution in [1.29, 1.82) is 0 Å². The van der Waals surface area contributed by atoms with Crippen molar-refractivity contribution >= 4 is 22.3 Å². The Bertz CT molecular complexity index is 346. The second kappa shape index (κ2) is 3.96. The van der Waals surface area contributed by atoms with Crippen LogP contribution in [0.25, 0.3) is 0 Å². The van der Waals surface area contributed by atoms with E-state index in [4.69, 9.17) is 5.73 Å². The summed E-state index contributed by atoms with van der Waals surface area (Å²) in [6.07, 6.45) is 1.70. The maximum absolute atomic E-state index is 11.1. The van der Waals surface area contributed by atoms with Crippen molar-refractivity contribution in [2.75, 3.05) is 35.2 Å². The van der Waals surface area contributed by atoms with E-state index in [0.717, 1.165) is 36.1 Å². The van der Waals surface area contributed by atoms with Gasteiger partial charge in [0, 0.05) is 53.3 Å². The highest BCUT2D eigenvalue weighted by Crippen LogP contribution is 2.15. The van der Waals surface area contributed by atoms with Crippen LogP contribution in [0.5, 0.6) is 0 Å². The van der Waals surface area contributed by atoms with Crippen LogP contribution in [0.15, 0.2) is 18.3 Å². The van der Waals surface area contributed by atoms with E-state index < -0.39 is 10.8 Å². The van der Waals surface area contributed by atoms with Crippen LogP contribution in [0.4, 0.5) is 11.5 Å². The zero-order valence-corrected chi connectivity index (χ0v) is 8.67. The number of nitrogen functional groups attached to an aromatic ring is 1. The van der Waals surface area contributed by atoms with E-state index in [2.05, 4.69) is 9.88 Å². The molecule has 0 bridgehead atoms. The van der Waals surface area contributed by atoms with Crippen LogP contribution in [-0.2, 0) is 10.8 Å². The number of hydrogen-bond donors (Lipinski definition) is 1. The molecule has 1 aromatic heterocycles. The fourth-order valence-electron chi connectivity index (χ4n) is 1.47. The van der Waals surface area contributed by atoms with Crippen LogP contribution in [0, 0.1) is 0 Å². The summed E-state index contributed by atoms with van der Waals surface area (Å²) in [7, 11) is -0.641. The van der Waals surface area contributed by atoms with Gasteiger partial charge in [0.2, 0.25) is 0 Å². The molecule has 1 aliphatic heterocycles. The topological polar surface area (TPSA) is 59.2 Å². The molecule has 76 valence electrons. The Labute approximate surface area is 85.6 Å². The molecule has 4 nitrogen and oxygen atoms in total. The second-order valence-electron chi connectivity index (χ2n) is 3.28. The number of rotatable bonds is 1. The first-order valence-electron chi connectivity index (χ1n) is 4.57. The minimum absolute atomic E-state index is 0.641. The Kier molecular flexibility index (Phi) is 2.67. The van der Waals surface area contributed by atoms with Gasteiger partial charge in [0.1, 0.15) is 5.82 Å². The fraction of sp³-hybridized carbons (Fsp3) is 0.444. The lowest BCUT2D eigenvalue weighted by molar-refractivity contribution is 0.672. The van der Waals surface area contributed by atoms with Crippen molar-refractivity contribution in [3.63, 3.8) is 0 Å². The molecule has 1 aromatic rings. The maximum Gasteiger partial charge on any atom is 0.130 e. The summed E-state index contributed by atoms with van der Waals surface area (Å²) in [6, 6.07) is 3.62. The summed E-state index contributed by atoms with van der Waals surface area (Å²) in [4.78, 5) is 6.36. The molecule has 1 aliphatic rings. The third-order valence-electron chi connectivity index (χ3n) is 2.27. The quantitative estimate of drug-likeness (QED) is 0.722. The van der Waals surface area contributed by atoms with Crippen LogP contribution in [-0.4, -0.2) is 33.8 Å². The summed E-state index contributed by atoms with van der Waals surface area (Å²) in [5.41, 5.74) is 6.39. The van der Waals surface area contributed by atoms with Crippen LogP contribution >= 0.6 is 0 Å². The molecule has 0 spiro atoms. The summed E-state index contributed by atoms with van der Waals surface area (Å²) in [6.45, 7) is 1.62. The highest BCUT2D eigenvalue weighted by Gasteiger charge is 2.16. The molecule has 0 aliphatic carbocycles. The molecule has 14 heavy (non-hydrogen) atoms. The van der Waals surface area contributed by atoms with Crippen LogP contribution in [0.1, 0.15) is 0 Å². The van der Waals surface area contributed by atoms with E-state index in [1.807, 2.05) is 6.07 Å². The SMILES string of the molecule is Nc1ccnc(N2CCS(=O)CC2)c1. The van der Waals surface area contributed by atoms with Crippen LogP contribution in [0.2, 0.25) is 0 Å². The molecule has 0 aromatic carbocycles. The Hall–Kier alpha value is -1.10. The molecule has 1 fully saturated rings. The molecule has 0 saturated carbocycles. The maximum atomic E-state index is 11.1. The van der Waals surface area contributed by atoms with Crippen molar-refractivity contribution in [3.8, 4) is 0 Å². The third kappa shape index (κ3) is 2.04. The molecule has 1 saturated heterocycles. The number of nitrogens with zero attached hydrogens (tertiary/aromatic N) is 2. The van der Waals surface area contributed by atoms with E-state index in [0.29, 0.717) is 0 Å². The van der Waals surface area contributed by atoms with Gasteiger partial charge in [0.05, 0.1) is 0 Å². The molecule has 2 rings (SSSR count). The van der Waals surface area contributed by atoms with Gasteiger partial charge in [-0.1, -0.05) is 0 Å². The van der Waals surface area contributed by atoms with Gasteiger partial charge in [0.25, 0.3) is 0 Å². The minimum atomic E-state index is -0.641. The van der Waals surface area contributed by atoms with E-state index in [1.54, 1.807) is 12.3 Å². The van der Waals surface area contributed by atoms with Crippen molar-refractivity contribution in [1.82, 2.24) is 4.98 Å². The van der Waals surface area contributed by atoms with E-state index >= 15 is 0 Å². The molecular weight excluding hydrogens is 198 g/mol. The minimum Gasteiger partial charge on any atom is -0.399 e. The van der Waals surface area contributed by atoms with Gasteiger partial charge < -0.3 is 10.6 Å². The Morgan fingerprint density at radius 1 is 1.43 bits per heavy atom. The zero-order chi connectivity index (χ0) is 9.97. The number of anilines is 2. The first kappa shape index (κ1) is 9.45. The van der Waals surface area contributed by atoms with Crippen LogP contribution < -0.4 is 10.6 Å². The van der Waals surface area contributed by atoms with Crippen molar-refractivity contribution in [2.45, 2.75) is 0 Å². The van der Waals surface area contributed by atoms with E-state index in [9.17, 15) is 4.21 Å². The molecule has 0 atom stereocenters. The summed E-state index contributed by atoms with van der Waals surface area (Å²) in [5.74, 6) is 2.36. The van der Waals surface area contributed by atoms with E-state index in [1.165, 1.54) is 0 Å². The smallest absolute Gasteiger partial charge is 0.130 e. The average Bonchev–Trinajstić information content (AvgIpc) is 2.19. The van der Waals surface area contributed by atoms with E-state index in [-0.39, 0.29) is 0 Å². The summed E-state index contributed by atoms with van der Waals surface area (Å²) < 4.78 is 11.1. The van der Waals surface area contributed by atoms with Gasteiger partial charge in [-0.15, -0.1) is 0 Å². The third-order valence-corrected chi connectivity index (χ3v) is 3.55. The number of hydrogen-bond acceptors (Lipinski definition) is 4. The second-order valence-corrected chi connectivity index (χ2v) is 4.98. The van der Waals surface area contributed by atoms with Crippen molar-refractivity contribution < 1.29 is 4.21 Å². The number of nitrogens with two attached hydrogens (primary N) is 1. The normalized spacial score (nSPS) is 18.4. The largest absolute Gasteiger partial charge is 0.399 e. The molecule has 5 heteroatoms. The highest BCUT2D eigenvalue weighted by molar-refractivity contribution is 7.85. The number of pyridine rings is 1. The summed E-state index contributed by atoms with van der Waals surface area (Å²) in [5, 5.41) is 0. The molecule has 0 unspecified atom stereocenters. The van der Waals surface area contributed by atoms with Gasteiger partial charge in [-0.2, -0.15) is 0 Å². The highest BCUT2D eigenvalue weighted by atomic mass is 32.2. The Morgan fingerprint density at radius 3 is 2.79 bits per heavy atom. The molecule has 2 heterocycles. The standard InChI is InChI=1S/C9H13N3OS/c10-8-1-2-11-9(7-8)12-3-5-14(13)6-4-12/h1-2,7H,3-6H2,(H2,10,11). The molecule has 0 amide bonds. The fourth-order valence-corrected chi connectivity index (χ4v) is 2.53. The molecule has 2 N–H and O–H groups in total. The predicted molar refractivity (Wildman–Crippen MR) is 58.7 cm³/mol. The van der Waals surface area contributed by atoms with Crippen LogP contribution in [0.3, 0.4) is 0 Å². The Balaban J connectivity index is 2.12. The zero-order valence-electron chi connectivity index (χ0n) is 7.85. The van der Waals surface area contributed by atoms with Gasteiger partial charge in [-0.3, -0.25) is 4.21 Å². The summed E-state index contributed by atoms with van der Waals surface area (Å²) >= 11 is 0. The first-order chi connectivity index (χ1) is 6.75. The lowest BCUT2D eigenvalue weighted by Gasteiger charge is -2.27. The lowest BCUT2D eigenvalue weighted by atomic mass is 10.3. The Morgan fingerprint density at radius 2 is 2.14 bits per heavy atom. The van der Waals surface area contributed by atoms with Gasteiger partial charge in [0.15, 0.2) is 0 Å². The monoisotopic (exact) mass is 211 g/mol.